The van der Waals surface area contributed by atoms with Crippen molar-refractivity contribution in [1.29, 1.82) is 0 Å². The molecule has 0 saturated carbocycles. The first kappa shape index (κ1) is 20.8. The van der Waals surface area contributed by atoms with Gasteiger partial charge >= 0.3 is 0 Å². The molecule has 162 valence electrons. The van der Waals surface area contributed by atoms with Crippen LogP contribution in [0.2, 0.25) is 0 Å². The van der Waals surface area contributed by atoms with E-state index in [1.165, 1.54) is 12.4 Å². The quantitative estimate of drug-likeness (QED) is 0.648. The lowest BCUT2D eigenvalue weighted by atomic mass is 10.2. The molecule has 1 fully saturated rings. The maximum atomic E-state index is 12.6. The molecule has 1 aliphatic rings. The Morgan fingerprint density at radius 3 is 2.61 bits per heavy atom. The van der Waals surface area contributed by atoms with E-state index in [2.05, 4.69) is 44.3 Å². The van der Waals surface area contributed by atoms with Crippen LogP contribution >= 0.6 is 0 Å². The minimum Gasteiger partial charge on any atom is -0.369 e. The third-order valence-electron chi connectivity index (χ3n) is 5.56. The summed E-state index contributed by atoms with van der Waals surface area (Å²) in [5.41, 5.74) is 7.32. The summed E-state index contributed by atoms with van der Waals surface area (Å²) in [5, 5.41) is 3.51. The van der Waals surface area contributed by atoms with Crippen LogP contribution in [-0.2, 0) is 0 Å². The highest BCUT2D eigenvalue weighted by Crippen LogP contribution is 2.23. The summed E-state index contributed by atoms with van der Waals surface area (Å²) < 4.78 is 1.77. The smallest absolute Gasteiger partial charge is 0.254 e. The number of rotatable bonds is 5. The van der Waals surface area contributed by atoms with Gasteiger partial charge in [-0.05, 0) is 39.1 Å². The van der Waals surface area contributed by atoms with Crippen LogP contribution in [0.25, 0.3) is 11.0 Å². The average molecular weight is 422 g/mol. The largest absolute Gasteiger partial charge is 0.369 e. The Morgan fingerprint density at radius 2 is 1.94 bits per heavy atom. The molecule has 0 radical (unpaired) electrons. The highest BCUT2D eigenvalue weighted by atomic mass is 16.2. The van der Waals surface area contributed by atoms with Crippen molar-refractivity contribution in [2.24, 2.45) is 5.73 Å². The number of piperazine rings is 1. The Morgan fingerprint density at radius 1 is 1.19 bits per heavy atom. The van der Waals surface area contributed by atoms with Gasteiger partial charge in [-0.1, -0.05) is 6.07 Å². The van der Waals surface area contributed by atoms with Crippen molar-refractivity contribution >= 4 is 34.3 Å². The zero-order chi connectivity index (χ0) is 22.1. The Bertz CT molecular complexity index is 1180. The number of carbonyl (C=O) groups is 1. The van der Waals surface area contributed by atoms with Crippen molar-refractivity contribution in [3.63, 3.8) is 0 Å². The third-order valence-corrected chi connectivity index (χ3v) is 5.56. The standard InChI is InChI=1S/C22H27N7O2/c1-14(2)29-13-18(20(23)31)19(30)17-12-24-22(26-21(17)29)25-15-5-4-6-16(11-15)28-9-7-27(3)8-10-28/h4-6,11-14H,7-10H2,1-3H3,(H2,23,31)(H,24,25,26). The number of pyridine rings is 1. The molecule has 3 heterocycles. The summed E-state index contributed by atoms with van der Waals surface area (Å²) in [4.78, 5) is 37.9. The zero-order valence-corrected chi connectivity index (χ0v) is 18.0. The summed E-state index contributed by atoms with van der Waals surface area (Å²) in [7, 11) is 2.13. The van der Waals surface area contributed by atoms with Gasteiger partial charge in [0.1, 0.15) is 11.2 Å². The second-order valence-electron chi connectivity index (χ2n) is 8.13. The van der Waals surface area contributed by atoms with Gasteiger partial charge in [-0.2, -0.15) is 4.98 Å². The van der Waals surface area contributed by atoms with E-state index in [9.17, 15) is 9.59 Å². The molecule has 9 heteroatoms. The van der Waals surface area contributed by atoms with Crippen molar-refractivity contribution in [3.05, 3.63) is 52.4 Å². The van der Waals surface area contributed by atoms with Crippen LogP contribution in [-0.4, -0.2) is 58.6 Å². The summed E-state index contributed by atoms with van der Waals surface area (Å²) in [6.45, 7) is 7.92. The number of aromatic nitrogens is 3. The first-order valence-electron chi connectivity index (χ1n) is 10.4. The first-order chi connectivity index (χ1) is 14.8. The molecule has 2 aromatic heterocycles. The van der Waals surface area contributed by atoms with Crippen LogP contribution in [0.15, 0.2) is 41.5 Å². The summed E-state index contributed by atoms with van der Waals surface area (Å²) in [6, 6.07) is 8.10. The minimum atomic E-state index is -0.760. The molecule has 0 bridgehead atoms. The van der Waals surface area contributed by atoms with E-state index >= 15 is 0 Å². The zero-order valence-electron chi connectivity index (χ0n) is 18.0. The maximum Gasteiger partial charge on any atom is 0.254 e. The number of fused-ring (bicyclic) bond motifs is 1. The summed E-state index contributed by atoms with van der Waals surface area (Å²) in [5.74, 6) is -0.382. The van der Waals surface area contributed by atoms with E-state index in [0.717, 1.165) is 37.6 Å². The summed E-state index contributed by atoms with van der Waals surface area (Å²) in [6.07, 6.45) is 2.92. The van der Waals surface area contributed by atoms with E-state index in [1.807, 2.05) is 26.0 Å². The van der Waals surface area contributed by atoms with Crippen LogP contribution in [0, 0.1) is 0 Å². The second kappa shape index (κ2) is 8.35. The minimum absolute atomic E-state index is 0.0236. The number of hydrogen-bond donors (Lipinski definition) is 2. The van der Waals surface area contributed by atoms with Crippen LogP contribution in [0.5, 0.6) is 0 Å². The van der Waals surface area contributed by atoms with Gasteiger partial charge in [0.2, 0.25) is 11.4 Å². The lowest BCUT2D eigenvalue weighted by Gasteiger charge is -2.34. The van der Waals surface area contributed by atoms with Crippen LogP contribution < -0.4 is 21.4 Å². The van der Waals surface area contributed by atoms with E-state index in [0.29, 0.717) is 11.6 Å². The van der Waals surface area contributed by atoms with Crippen LogP contribution in [0.1, 0.15) is 30.2 Å². The fraction of sp³-hybridized carbons (Fsp3) is 0.364. The molecule has 0 atom stereocenters. The lowest BCUT2D eigenvalue weighted by molar-refractivity contribution is 0.0998. The number of hydrogen-bond acceptors (Lipinski definition) is 7. The number of nitrogens with one attached hydrogen (secondary N) is 1. The number of amides is 1. The van der Waals surface area contributed by atoms with E-state index in [4.69, 9.17) is 5.73 Å². The molecule has 4 rings (SSSR count). The Labute approximate surface area is 180 Å². The molecular weight excluding hydrogens is 394 g/mol. The molecule has 0 aliphatic carbocycles. The van der Waals surface area contributed by atoms with Crippen molar-refractivity contribution in [2.45, 2.75) is 19.9 Å². The predicted molar refractivity (Wildman–Crippen MR) is 122 cm³/mol. The van der Waals surface area contributed by atoms with Crippen molar-refractivity contribution in [1.82, 2.24) is 19.4 Å². The summed E-state index contributed by atoms with van der Waals surface area (Å²) >= 11 is 0. The molecule has 9 nitrogen and oxygen atoms in total. The number of benzene rings is 1. The lowest BCUT2D eigenvalue weighted by Crippen LogP contribution is -2.44. The fourth-order valence-corrected chi connectivity index (χ4v) is 3.74. The monoisotopic (exact) mass is 421 g/mol. The molecular formula is C22H27N7O2. The number of nitrogens with two attached hydrogens (primary N) is 1. The van der Waals surface area contributed by atoms with E-state index in [1.54, 1.807) is 4.57 Å². The number of carbonyl (C=O) groups excluding carboxylic acids is 1. The van der Waals surface area contributed by atoms with Gasteiger partial charge in [0.05, 0.1) is 5.39 Å². The number of likely N-dealkylation sites (N-methyl/N-ethyl adjacent to an activating group) is 1. The van der Waals surface area contributed by atoms with Crippen molar-refractivity contribution < 1.29 is 4.79 Å². The Hall–Kier alpha value is -3.46. The predicted octanol–water partition coefficient (Wildman–Crippen LogP) is 1.97. The van der Waals surface area contributed by atoms with Gasteiger partial charge in [-0.15, -0.1) is 0 Å². The topological polar surface area (TPSA) is 109 Å². The molecule has 1 aromatic carbocycles. The normalized spacial score (nSPS) is 14.9. The molecule has 31 heavy (non-hydrogen) atoms. The van der Waals surface area contributed by atoms with Gasteiger partial charge in [-0.3, -0.25) is 9.59 Å². The third kappa shape index (κ3) is 4.22. The fourth-order valence-electron chi connectivity index (χ4n) is 3.74. The molecule has 0 unspecified atom stereocenters. The Balaban J connectivity index is 1.67. The molecule has 1 aliphatic heterocycles. The number of primary amides is 1. The van der Waals surface area contributed by atoms with E-state index in [-0.39, 0.29) is 17.0 Å². The van der Waals surface area contributed by atoms with Gasteiger partial charge in [-0.25, -0.2) is 4.98 Å². The van der Waals surface area contributed by atoms with Crippen LogP contribution in [0.3, 0.4) is 0 Å². The van der Waals surface area contributed by atoms with Gasteiger partial charge in [0, 0.05) is 56.0 Å². The highest BCUT2D eigenvalue weighted by Gasteiger charge is 2.17. The maximum absolute atomic E-state index is 12.6. The molecule has 3 aromatic rings. The first-order valence-corrected chi connectivity index (χ1v) is 10.4. The second-order valence-corrected chi connectivity index (χ2v) is 8.13. The average Bonchev–Trinajstić information content (AvgIpc) is 2.74. The molecule has 1 saturated heterocycles. The van der Waals surface area contributed by atoms with Gasteiger partial charge in [0.25, 0.3) is 5.91 Å². The van der Waals surface area contributed by atoms with Gasteiger partial charge in [0.15, 0.2) is 0 Å². The number of nitrogens with zero attached hydrogens (tertiary/aromatic N) is 5. The Kier molecular flexibility index (Phi) is 5.60. The van der Waals surface area contributed by atoms with E-state index < -0.39 is 11.3 Å². The SMILES string of the molecule is CC(C)n1cc(C(N)=O)c(=O)c2cnc(Nc3cccc(N4CCN(C)CC4)c3)nc21. The van der Waals surface area contributed by atoms with Gasteiger partial charge < -0.3 is 25.4 Å². The molecule has 3 N–H and O–H groups in total. The highest BCUT2D eigenvalue weighted by molar-refractivity contribution is 5.95. The van der Waals surface area contributed by atoms with Crippen molar-refractivity contribution in [3.8, 4) is 0 Å². The molecule has 0 spiro atoms. The molecule has 1 amide bonds. The number of anilines is 3. The van der Waals surface area contributed by atoms with Crippen molar-refractivity contribution in [2.75, 3.05) is 43.4 Å². The van der Waals surface area contributed by atoms with Crippen LogP contribution in [0.4, 0.5) is 17.3 Å².